The first kappa shape index (κ1) is 10.6. The van der Waals surface area contributed by atoms with Gasteiger partial charge in [-0.25, -0.2) is 4.98 Å². The first-order valence-electron chi connectivity index (χ1n) is 4.13. The highest BCUT2D eigenvalue weighted by atomic mass is 19.1. The zero-order valence-corrected chi connectivity index (χ0v) is 7.79. The van der Waals surface area contributed by atoms with Crippen LogP contribution >= 0.6 is 0 Å². The van der Waals surface area contributed by atoms with Gasteiger partial charge < -0.3 is 10.1 Å². The summed E-state index contributed by atoms with van der Waals surface area (Å²) in [5, 5.41) is 2.45. The van der Waals surface area contributed by atoms with Gasteiger partial charge in [0.15, 0.2) is 0 Å². The topological polar surface area (TPSA) is 51.2 Å². The monoisotopic (exact) mass is 198 g/mol. The number of halogens is 1. The second kappa shape index (κ2) is 5.29. The van der Waals surface area contributed by atoms with Crippen LogP contribution in [0.4, 0.5) is 10.2 Å². The zero-order valence-electron chi connectivity index (χ0n) is 7.79. The van der Waals surface area contributed by atoms with E-state index in [9.17, 15) is 9.18 Å². The summed E-state index contributed by atoms with van der Waals surface area (Å²) in [5.74, 6) is -0.648. The highest BCUT2D eigenvalue weighted by molar-refractivity contribution is 5.89. The van der Waals surface area contributed by atoms with Crippen molar-refractivity contribution < 1.29 is 13.9 Å². The molecule has 1 aromatic rings. The lowest BCUT2D eigenvalue weighted by Crippen LogP contribution is -2.14. The summed E-state index contributed by atoms with van der Waals surface area (Å²) in [7, 11) is 1.51. The van der Waals surface area contributed by atoms with Crippen molar-refractivity contribution in [2.24, 2.45) is 0 Å². The molecule has 76 valence electrons. The number of carbonyl (C=O) groups excluding carboxylic acids is 1. The van der Waals surface area contributed by atoms with Gasteiger partial charge in [-0.1, -0.05) is 6.07 Å². The molecule has 1 rings (SSSR count). The van der Waals surface area contributed by atoms with Crippen molar-refractivity contribution >= 4 is 11.7 Å². The molecule has 0 saturated carbocycles. The Bertz CT molecular complexity index is 317. The molecular formula is C9H11FN2O2. The van der Waals surface area contributed by atoms with E-state index in [0.29, 0.717) is 6.61 Å². The van der Waals surface area contributed by atoms with Crippen LogP contribution in [0.3, 0.4) is 0 Å². The fraction of sp³-hybridized carbons (Fsp3) is 0.333. The van der Waals surface area contributed by atoms with Crippen molar-refractivity contribution in [3.8, 4) is 0 Å². The van der Waals surface area contributed by atoms with Crippen molar-refractivity contribution in [2.75, 3.05) is 19.0 Å². The summed E-state index contributed by atoms with van der Waals surface area (Å²) in [6, 6.07) is 4.22. The second-order valence-corrected chi connectivity index (χ2v) is 2.64. The quantitative estimate of drug-likeness (QED) is 0.739. The summed E-state index contributed by atoms with van der Waals surface area (Å²) in [5.41, 5.74) is 0. The number of nitrogens with one attached hydrogen (secondary N) is 1. The number of carbonyl (C=O) groups is 1. The Morgan fingerprint density at radius 3 is 3.07 bits per heavy atom. The lowest BCUT2D eigenvalue weighted by molar-refractivity contribution is -0.117. The van der Waals surface area contributed by atoms with Crippen LogP contribution in [0.1, 0.15) is 6.42 Å². The summed E-state index contributed by atoms with van der Waals surface area (Å²) in [6.45, 7) is 0.334. The normalized spacial score (nSPS) is 9.86. The van der Waals surface area contributed by atoms with Crippen LogP contribution in [-0.4, -0.2) is 24.6 Å². The minimum Gasteiger partial charge on any atom is -0.384 e. The van der Waals surface area contributed by atoms with Crippen molar-refractivity contribution in [1.82, 2.24) is 4.98 Å². The standard InChI is InChI=1S/C9H11FN2O2/c1-14-6-5-9(13)12-8-4-2-3-7(10)11-8/h2-4H,5-6H2,1H3,(H,11,12,13). The number of anilines is 1. The van der Waals surface area contributed by atoms with Crippen LogP contribution in [0, 0.1) is 5.95 Å². The van der Waals surface area contributed by atoms with Gasteiger partial charge in [0.1, 0.15) is 5.82 Å². The third-order valence-electron chi connectivity index (χ3n) is 1.52. The van der Waals surface area contributed by atoms with E-state index in [2.05, 4.69) is 10.3 Å². The largest absolute Gasteiger partial charge is 0.384 e. The Balaban J connectivity index is 2.47. The molecule has 0 radical (unpaired) electrons. The van der Waals surface area contributed by atoms with Crippen molar-refractivity contribution in [1.29, 1.82) is 0 Å². The molecule has 0 aliphatic carbocycles. The van der Waals surface area contributed by atoms with Gasteiger partial charge in [-0.2, -0.15) is 4.39 Å². The number of hydrogen-bond donors (Lipinski definition) is 1. The van der Waals surface area contributed by atoms with Crippen molar-refractivity contribution in [3.63, 3.8) is 0 Å². The van der Waals surface area contributed by atoms with Gasteiger partial charge in [-0.3, -0.25) is 4.79 Å². The van der Waals surface area contributed by atoms with Gasteiger partial charge >= 0.3 is 0 Å². The predicted molar refractivity (Wildman–Crippen MR) is 49.3 cm³/mol. The molecule has 0 saturated heterocycles. The van der Waals surface area contributed by atoms with E-state index in [1.807, 2.05) is 0 Å². The molecule has 0 spiro atoms. The van der Waals surface area contributed by atoms with E-state index in [1.54, 1.807) is 0 Å². The molecule has 4 nitrogen and oxygen atoms in total. The van der Waals surface area contributed by atoms with Crippen LogP contribution in [0.15, 0.2) is 18.2 Å². The second-order valence-electron chi connectivity index (χ2n) is 2.64. The van der Waals surface area contributed by atoms with Crippen molar-refractivity contribution in [2.45, 2.75) is 6.42 Å². The molecule has 0 unspecified atom stereocenters. The van der Waals surface area contributed by atoms with E-state index in [-0.39, 0.29) is 18.1 Å². The third kappa shape index (κ3) is 3.49. The van der Waals surface area contributed by atoms with Crippen LogP contribution in [0.25, 0.3) is 0 Å². The number of hydrogen-bond acceptors (Lipinski definition) is 3. The van der Waals surface area contributed by atoms with Crippen LogP contribution in [-0.2, 0) is 9.53 Å². The van der Waals surface area contributed by atoms with Gasteiger partial charge in [0.25, 0.3) is 0 Å². The molecule has 5 heteroatoms. The average molecular weight is 198 g/mol. The summed E-state index contributed by atoms with van der Waals surface area (Å²) in [4.78, 5) is 14.6. The smallest absolute Gasteiger partial charge is 0.227 e. The van der Waals surface area contributed by atoms with E-state index in [0.717, 1.165) is 0 Å². The average Bonchev–Trinajstić information content (AvgIpc) is 2.15. The number of nitrogens with zero attached hydrogens (tertiary/aromatic N) is 1. The molecule has 14 heavy (non-hydrogen) atoms. The number of aromatic nitrogens is 1. The maximum atomic E-state index is 12.6. The highest BCUT2D eigenvalue weighted by Crippen LogP contribution is 2.03. The molecule has 0 atom stereocenters. The Kier molecular flexibility index (Phi) is 4.00. The number of amides is 1. The van der Waals surface area contributed by atoms with E-state index >= 15 is 0 Å². The third-order valence-corrected chi connectivity index (χ3v) is 1.52. The minimum absolute atomic E-state index is 0.214. The lowest BCUT2D eigenvalue weighted by Gasteiger charge is -2.02. The number of pyridine rings is 1. The summed E-state index contributed by atoms with van der Waals surface area (Å²) < 4.78 is 17.3. The molecule has 1 N–H and O–H groups in total. The number of ether oxygens (including phenoxy) is 1. The van der Waals surface area contributed by atoms with Crippen molar-refractivity contribution in [3.05, 3.63) is 24.1 Å². The van der Waals surface area contributed by atoms with Crippen LogP contribution in [0.2, 0.25) is 0 Å². The maximum Gasteiger partial charge on any atom is 0.227 e. The SMILES string of the molecule is COCCC(=O)Nc1cccc(F)n1. The molecule has 0 fully saturated rings. The van der Waals surface area contributed by atoms with E-state index in [4.69, 9.17) is 4.74 Å². The molecule has 0 bridgehead atoms. The van der Waals surface area contributed by atoms with Gasteiger partial charge in [0.2, 0.25) is 11.9 Å². The van der Waals surface area contributed by atoms with Gasteiger partial charge in [-0.05, 0) is 12.1 Å². The number of methoxy groups -OCH3 is 1. The molecular weight excluding hydrogens is 187 g/mol. The Labute approximate surface area is 81.1 Å². The van der Waals surface area contributed by atoms with Crippen LogP contribution < -0.4 is 5.32 Å². The first-order chi connectivity index (χ1) is 6.72. The van der Waals surface area contributed by atoms with Gasteiger partial charge in [-0.15, -0.1) is 0 Å². The summed E-state index contributed by atoms with van der Waals surface area (Å²) >= 11 is 0. The van der Waals surface area contributed by atoms with Gasteiger partial charge in [0.05, 0.1) is 13.0 Å². The van der Waals surface area contributed by atoms with Gasteiger partial charge in [0, 0.05) is 7.11 Å². The molecule has 0 aromatic carbocycles. The molecule has 1 heterocycles. The Morgan fingerprint density at radius 2 is 2.43 bits per heavy atom. The fourth-order valence-corrected chi connectivity index (χ4v) is 0.878. The summed E-state index contributed by atoms with van der Waals surface area (Å²) in [6.07, 6.45) is 0.231. The fourth-order valence-electron chi connectivity index (χ4n) is 0.878. The maximum absolute atomic E-state index is 12.6. The molecule has 1 aromatic heterocycles. The Morgan fingerprint density at radius 1 is 1.64 bits per heavy atom. The van der Waals surface area contributed by atoms with Crippen LogP contribution in [0.5, 0.6) is 0 Å². The van der Waals surface area contributed by atoms with E-state index < -0.39 is 5.95 Å². The zero-order chi connectivity index (χ0) is 10.4. The molecule has 0 aliphatic heterocycles. The molecule has 1 amide bonds. The predicted octanol–water partition coefficient (Wildman–Crippen LogP) is 1.20. The highest BCUT2D eigenvalue weighted by Gasteiger charge is 2.02. The Hall–Kier alpha value is -1.49. The van der Waals surface area contributed by atoms with E-state index in [1.165, 1.54) is 25.3 Å². The molecule has 0 aliphatic rings. The first-order valence-corrected chi connectivity index (χ1v) is 4.13. The lowest BCUT2D eigenvalue weighted by atomic mass is 10.4. The number of rotatable bonds is 4. The minimum atomic E-state index is -0.616.